The number of nitrogens with one attached hydrogen (secondary N) is 1. The van der Waals surface area contributed by atoms with Crippen LogP contribution in [-0.2, 0) is 0 Å². The Morgan fingerprint density at radius 3 is 2.33 bits per heavy atom. The zero-order valence-electron chi connectivity index (χ0n) is 9.60. The minimum Gasteiger partial charge on any atom is -0.398 e. The molecule has 0 radical (unpaired) electrons. The SMILES string of the molecule is Cc1c(N)cccc1Nc1cc(F)c(F)cc1F. The summed E-state index contributed by atoms with van der Waals surface area (Å²) in [6, 6.07) is 6.32. The second-order valence-electron chi connectivity index (χ2n) is 3.89. The normalized spacial score (nSPS) is 10.4. The van der Waals surface area contributed by atoms with Gasteiger partial charge in [-0.25, -0.2) is 13.2 Å². The maximum Gasteiger partial charge on any atom is 0.161 e. The first-order valence-corrected chi connectivity index (χ1v) is 5.25. The third-order valence-electron chi connectivity index (χ3n) is 2.65. The molecular formula is C13H11F3N2. The van der Waals surface area contributed by atoms with Crippen molar-refractivity contribution in [2.75, 3.05) is 11.1 Å². The van der Waals surface area contributed by atoms with Gasteiger partial charge in [-0.15, -0.1) is 0 Å². The van der Waals surface area contributed by atoms with Crippen molar-refractivity contribution in [1.29, 1.82) is 0 Å². The summed E-state index contributed by atoms with van der Waals surface area (Å²) >= 11 is 0. The van der Waals surface area contributed by atoms with Crippen LogP contribution in [-0.4, -0.2) is 0 Å². The largest absolute Gasteiger partial charge is 0.398 e. The van der Waals surface area contributed by atoms with Crippen LogP contribution in [0.1, 0.15) is 5.56 Å². The van der Waals surface area contributed by atoms with Crippen LogP contribution in [0, 0.1) is 24.4 Å². The van der Waals surface area contributed by atoms with Crippen molar-refractivity contribution in [3.63, 3.8) is 0 Å². The Hall–Kier alpha value is -2.17. The van der Waals surface area contributed by atoms with Crippen LogP contribution in [0.4, 0.5) is 30.2 Å². The molecule has 0 aliphatic rings. The van der Waals surface area contributed by atoms with E-state index < -0.39 is 17.5 Å². The third kappa shape index (κ3) is 2.25. The molecule has 2 nitrogen and oxygen atoms in total. The Morgan fingerprint density at radius 2 is 1.61 bits per heavy atom. The molecular weight excluding hydrogens is 241 g/mol. The smallest absolute Gasteiger partial charge is 0.161 e. The van der Waals surface area contributed by atoms with E-state index in [1.807, 2.05) is 0 Å². The predicted molar refractivity (Wildman–Crippen MR) is 65.2 cm³/mol. The van der Waals surface area contributed by atoms with Crippen molar-refractivity contribution < 1.29 is 13.2 Å². The summed E-state index contributed by atoms with van der Waals surface area (Å²) in [6.07, 6.45) is 0. The highest BCUT2D eigenvalue weighted by Crippen LogP contribution is 2.27. The zero-order valence-corrected chi connectivity index (χ0v) is 9.60. The number of hydrogen-bond acceptors (Lipinski definition) is 2. The van der Waals surface area contributed by atoms with Crippen LogP contribution >= 0.6 is 0 Å². The maximum atomic E-state index is 13.4. The number of benzene rings is 2. The Bertz CT molecular complexity index is 597. The molecule has 0 saturated heterocycles. The number of nitrogen functional groups attached to an aromatic ring is 1. The topological polar surface area (TPSA) is 38.0 Å². The number of rotatable bonds is 2. The van der Waals surface area contributed by atoms with E-state index in [2.05, 4.69) is 5.32 Å². The average Bonchev–Trinajstić information content (AvgIpc) is 2.32. The summed E-state index contributed by atoms with van der Waals surface area (Å²) in [6.45, 7) is 1.75. The molecule has 0 atom stereocenters. The highest BCUT2D eigenvalue weighted by atomic mass is 19.2. The summed E-state index contributed by atoms with van der Waals surface area (Å²) in [7, 11) is 0. The van der Waals surface area contributed by atoms with E-state index >= 15 is 0 Å². The summed E-state index contributed by atoms with van der Waals surface area (Å²) < 4.78 is 39.3. The van der Waals surface area contributed by atoms with Gasteiger partial charge in [0.2, 0.25) is 0 Å². The van der Waals surface area contributed by atoms with Gasteiger partial charge in [0.1, 0.15) is 5.82 Å². The second kappa shape index (κ2) is 4.60. The van der Waals surface area contributed by atoms with Gasteiger partial charge in [-0.2, -0.15) is 0 Å². The van der Waals surface area contributed by atoms with Gasteiger partial charge in [0.25, 0.3) is 0 Å². The summed E-state index contributed by atoms with van der Waals surface area (Å²) in [5.74, 6) is -3.20. The van der Waals surface area contributed by atoms with Crippen molar-refractivity contribution >= 4 is 17.1 Å². The van der Waals surface area contributed by atoms with Crippen molar-refractivity contribution in [2.24, 2.45) is 0 Å². The van der Waals surface area contributed by atoms with Crippen molar-refractivity contribution in [3.05, 3.63) is 53.3 Å². The molecule has 5 heteroatoms. The lowest BCUT2D eigenvalue weighted by molar-refractivity contribution is 0.496. The summed E-state index contributed by atoms with van der Waals surface area (Å²) in [5, 5.41) is 2.69. The first kappa shape index (κ1) is 12.3. The molecule has 2 aromatic carbocycles. The molecule has 0 amide bonds. The van der Waals surface area contributed by atoms with Crippen LogP contribution in [0.2, 0.25) is 0 Å². The standard InChI is InChI=1S/C13H11F3N2/c1-7-11(17)3-2-4-12(7)18-13-6-9(15)8(14)5-10(13)16/h2-6,18H,17H2,1H3. The molecule has 94 valence electrons. The molecule has 0 aromatic heterocycles. The molecule has 0 spiro atoms. The van der Waals surface area contributed by atoms with Crippen LogP contribution in [0.3, 0.4) is 0 Å². The molecule has 0 aliphatic heterocycles. The highest BCUT2D eigenvalue weighted by Gasteiger charge is 2.11. The molecule has 0 fully saturated rings. The van der Waals surface area contributed by atoms with E-state index in [1.165, 1.54) is 0 Å². The van der Waals surface area contributed by atoms with Crippen molar-refractivity contribution in [2.45, 2.75) is 6.92 Å². The van der Waals surface area contributed by atoms with Gasteiger partial charge in [-0.05, 0) is 24.6 Å². The fraction of sp³-hybridized carbons (Fsp3) is 0.0769. The van der Waals surface area contributed by atoms with Crippen LogP contribution in [0.5, 0.6) is 0 Å². The molecule has 18 heavy (non-hydrogen) atoms. The average molecular weight is 252 g/mol. The van der Waals surface area contributed by atoms with Gasteiger partial charge in [-0.1, -0.05) is 6.07 Å². The van der Waals surface area contributed by atoms with Gasteiger partial charge in [0, 0.05) is 23.5 Å². The minimum absolute atomic E-state index is 0.136. The zero-order chi connectivity index (χ0) is 13.3. The van der Waals surface area contributed by atoms with Crippen LogP contribution in [0.25, 0.3) is 0 Å². The Balaban J connectivity index is 2.40. The number of hydrogen-bond donors (Lipinski definition) is 2. The minimum atomic E-state index is -1.22. The van der Waals surface area contributed by atoms with Gasteiger partial charge in [0.15, 0.2) is 11.6 Å². The van der Waals surface area contributed by atoms with Crippen LogP contribution < -0.4 is 11.1 Å². The number of nitrogens with two attached hydrogens (primary N) is 1. The molecule has 2 rings (SSSR count). The van der Waals surface area contributed by atoms with E-state index in [4.69, 9.17) is 5.73 Å². The fourth-order valence-electron chi connectivity index (χ4n) is 1.55. The molecule has 0 heterocycles. The van der Waals surface area contributed by atoms with Gasteiger partial charge in [-0.3, -0.25) is 0 Å². The van der Waals surface area contributed by atoms with Crippen molar-refractivity contribution in [1.82, 2.24) is 0 Å². The number of anilines is 3. The molecule has 0 saturated carbocycles. The maximum absolute atomic E-state index is 13.4. The molecule has 0 unspecified atom stereocenters. The summed E-state index contributed by atoms with van der Waals surface area (Å²) in [5.41, 5.74) is 7.34. The lowest BCUT2D eigenvalue weighted by Crippen LogP contribution is -2.00. The lowest BCUT2D eigenvalue weighted by atomic mass is 10.1. The predicted octanol–water partition coefficient (Wildman–Crippen LogP) is 3.74. The van der Waals surface area contributed by atoms with Gasteiger partial charge in [0.05, 0.1) is 5.69 Å². The molecule has 0 aliphatic carbocycles. The van der Waals surface area contributed by atoms with Crippen molar-refractivity contribution in [3.8, 4) is 0 Å². The van der Waals surface area contributed by atoms with Gasteiger partial charge >= 0.3 is 0 Å². The van der Waals surface area contributed by atoms with E-state index in [1.54, 1.807) is 25.1 Å². The van der Waals surface area contributed by atoms with Crippen LogP contribution in [0.15, 0.2) is 30.3 Å². The third-order valence-corrected chi connectivity index (χ3v) is 2.65. The Kier molecular flexibility index (Phi) is 3.14. The Labute approximate surface area is 102 Å². The first-order chi connectivity index (χ1) is 8.49. The first-order valence-electron chi connectivity index (χ1n) is 5.25. The molecule has 0 bridgehead atoms. The monoisotopic (exact) mass is 252 g/mol. The fourth-order valence-corrected chi connectivity index (χ4v) is 1.55. The van der Waals surface area contributed by atoms with E-state index in [0.717, 1.165) is 6.07 Å². The van der Waals surface area contributed by atoms with E-state index in [0.29, 0.717) is 23.0 Å². The van der Waals surface area contributed by atoms with E-state index in [-0.39, 0.29) is 5.69 Å². The Morgan fingerprint density at radius 1 is 0.944 bits per heavy atom. The second-order valence-corrected chi connectivity index (χ2v) is 3.89. The highest BCUT2D eigenvalue weighted by molar-refractivity contribution is 5.69. The molecule has 3 N–H and O–H groups in total. The quantitative estimate of drug-likeness (QED) is 0.631. The molecule has 2 aromatic rings. The van der Waals surface area contributed by atoms with Gasteiger partial charge < -0.3 is 11.1 Å². The lowest BCUT2D eigenvalue weighted by Gasteiger charge is -2.12. The summed E-state index contributed by atoms with van der Waals surface area (Å²) in [4.78, 5) is 0. The number of halogens is 3. The van der Waals surface area contributed by atoms with E-state index in [9.17, 15) is 13.2 Å².